The highest BCUT2D eigenvalue weighted by atomic mass is 35.5. The normalized spacial score (nSPS) is 18.7. The molecule has 2 aliphatic heterocycles. The smallest absolute Gasteiger partial charge is 0.336 e. The van der Waals surface area contributed by atoms with Gasteiger partial charge in [-0.05, 0) is 35.9 Å². The highest BCUT2D eigenvalue weighted by Crippen LogP contribution is 2.34. The Morgan fingerprint density at radius 2 is 1.67 bits per heavy atom. The summed E-state index contributed by atoms with van der Waals surface area (Å²) in [5, 5.41) is 2.41. The van der Waals surface area contributed by atoms with Crippen LogP contribution in [0.15, 0.2) is 48.0 Å². The van der Waals surface area contributed by atoms with E-state index in [0.717, 1.165) is 23.7 Å². The van der Waals surface area contributed by atoms with Crippen molar-refractivity contribution in [3.63, 3.8) is 0 Å². The maximum Gasteiger partial charge on any atom is 0.336 e. The van der Waals surface area contributed by atoms with E-state index in [1.807, 2.05) is 24.3 Å². The Morgan fingerprint density at radius 3 is 2.37 bits per heavy atom. The molecule has 2 fully saturated rings. The fraction of sp³-hybridized carbons (Fsp3) is 0.190. The van der Waals surface area contributed by atoms with Gasteiger partial charge in [0.15, 0.2) is 0 Å². The summed E-state index contributed by atoms with van der Waals surface area (Å²) in [5.74, 6) is -1.54. The maximum atomic E-state index is 13.0. The average molecular weight is 446 g/mol. The molecule has 2 aromatic carbocycles. The number of nitrogens with zero attached hydrogens (tertiary/aromatic N) is 2. The van der Waals surface area contributed by atoms with Gasteiger partial charge < -0.3 is 9.64 Å². The number of carbonyl (C=O) groups is 3. The zero-order chi connectivity index (χ0) is 21.3. The van der Waals surface area contributed by atoms with Gasteiger partial charge in [-0.15, -0.1) is 0 Å². The Kier molecular flexibility index (Phi) is 5.76. The number of nitrogens with one attached hydrogen (secondary N) is 1. The van der Waals surface area contributed by atoms with Gasteiger partial charge in [0.05, 0.1) is 28.9 Å². The third-order valence-corrected chi connectivity index (χ3v) is 5.66. The Balaban J connectivity index is 1.63. The highest BCUT2D eigenvalue weighted by molar-refractivity contribution is 6.46. The number of halogens is 2. The van der Waals surface area contributed by atoms with Gasteiger partial charge in [0.2, 0.25) is 0 Å². The van der Waals surface area contributed by atoms with Crippen molar-refractivity contribution in [1.29, 1.82) is 0 Å². The van der Waals surface area contributed by atoms with Crippen molar-refractivity contribution in [2.75, 3.05) is 36.1 Å². The van der Waals surface area contributed by atoms with Crippen LogP contribution in [0.3, 0.4) is 0 Å². The molecule has 4 amide bonds. The molecular weight excluding hydrogens is 429 g/mol. The monoisotopic (exact) mass is 445 g/mol. The molecule has 1 N–H and O–H groups in total. The van der Waals surface area contributed by atoms with Gasteiger partial charge in [-0.25, -0.2) is 9.69 Å². The molecule has 2 heterocycles. The molecule has 0 bridgehead atoms. The second-order valence-corrected chi connectivity index (χ2v) is 7.51. The zero-order valence-corrected chi connectivity index (χ0v) is 17.2. The molecule has 0 spiro atoms. The van der Waals surface area contributed by atoms with E-state index in [9.17, 15) is 14.4 Å². The molecule has 0 radical (unpaired) electrons. The van der Waals surface area contributed by atoms with E-state index in [1.165, 1.54) is 18.2 Å². The summed E-state index contributed by atoms with van der Waals surface area (Å²) in [4.78, 5) is 40.6. The lowest BCUT2D eigenvalue weighted by Crippen LogP contribution is -2.54. The van der Waals surface area contributed by atoms with Crippen LogP contribution in [0.25, 0.3) is 6.08 Å². The molecule has 4 rings (SSSR count). The molecule has 0 saturated carbocycles. The van der Waals surface area contributed by atoms with Crippen molar-refractivity contribution >= 4 is 58.5 Å². The van der Waals surface area contributed by atoms with Gasteiger partial charge in [-0.3, -0.25) is 14.9 Å². The minimum atomic E-state index is -0.881. The number of hydrogen-bond acceptors (Lipinski definition) is 5. The molecule has 30 heavy (non-hydrogen) atoms. The van der Waals surface area contributed by atoms with Gasteiger partial charge in [-0.1, -0.05) is 41.4 Å². The van der Waals surface area contributed by atoms with Crippen molar-refractivity contribution < 1.29 is 19.1 Å². The molecule has 0 aliphatic carbocycles. The quantitative estimate of drug-likeness (QED) is 0.577. The number of hydrogen-bond donors (Lipinski definition) is 1. The molecule has 0 atom stereocenters. The van der Waals surface area contributed by atoms with Gasteiger partial charge in [0, 0.05) is 18.8 Å². The summed E-state index contributed by atoms with van der Waals surface area (Å²) in [6.45, 7) is 2.96. The number of anilines is 2. The number of amides is 4. The molecule has 7 nitrogen and oxygen atoms in total. The number of ether oxygens (including phenoxy) is 1. The summed E-state index contributed by atoms with van der Waals surface area (Å²) >= 11 is 12.2. The van der Waals surface area contributed by atoms with Gasteiger partial charge in [-0.2, -0.15) is 0 Å². The van der Waals surface area contributed by atoms with Gasteiger partial charge >= 0.3 is 6.03 Å². The Hall–Kier alpha value is -2.87. The van der Waals surface area contributed by atoms with E-state index in [0.29, 0.717) is 18.8 Å². The fourth-order valence-electron chi connectivity index (χ4n) is 3.31. The van der Waals surface area contributed by atoms with Crippen LogP contribution < -0.4 is 15.1 Å². The summed E-state index contributed by atoms with van der Waals surface area (Å²) in [6.07, 6.45) is 1.44. The molecule has 2 aliphatic rings. The first-order valence-electron chi connectivity index (χ1n) is 9.24. The second kappa shape index (κ2) is 8.47. The molecule has 0 aromatic heterocycles. The lowest BCUT2D eigenvalue weighted by Gasteiger charge is -2.29. The maximum absolute atomic E-state index is 13.0. The average Bonchev–Trinajstić information content (AvgIpc) is 2.75. The summed E-state index contributed by atoms with van der Waals surface area (Å²) in [6, 6.07) is 11.2. The van der Waals surface area contributed by atoms with Crippen LogP contribution in [-0.2, 0) is 14.3 Å². The van der Waals surface area contributed by atoms with E-state index in [-0.39, 0.29) is 21.3 Å². The second-order valence-electron chi connectivity index (χ2n) is 6.72. The van der Waals surface area contributed by atoms with Crippen molar-refractivity contribution in [1.82, 2.24) is 5.32 Å². The van der Waals surface area contributed by atoms with Crippen molar-refractivity contribution in [3.05, 3.63) is 63.6 Å². The van der Waals surface area contributed by atoms with Crippen LogP contribution in [-0.4, -0.2) is 44.1 Å². The summed E-state index contributed by atoms with van der Waals surface area (Å²) in [5.41, 5.74) is 1.61. The minimum absolute atomic E-state index is 0.0474. The predicted octanol–water partition coefficient (Wildman–Crippen LogP) is 3.50. The first kappa shape index (κ1) is 20.4. The standard InChI is InChI=1S/C21H17Cl2N3O4/c22-16-2-1-3-17(18(16)23)26-20(28)15(19(27)24-21(26)29)12-13-4-6-14(7-5-13)25-8-10-30-11-9-25/h1-7,12H,8-11H2,(H,24,27,29)/b15-12+. The SMILES string of the molecule is O=C1NC(=O)N(c2cccc(Cl)c2Cl)C(=O)/C1=C/c1ccc(N2CCOCC2)cc1. The number of morpholine rings is 1. The molecule has 9 heteroatoms. The molecule has 2 saturated heterocycles. The van der Waals surface area contributed by atoms with E-state index in [2.05, 4.69) is 10.2 Å². The largest absolute Gasteiger partial charge is 0.378 e. The predicted molar refractivity (Wildman–Crippen MR) is 115 cm³/mol. The summed E-state index contributed by atoms with van der Waals surface area (Å²) in [7, 11) is 0. The van der Waals surface area contributed by atoms with Crippen LogP contribution in [0.1, 0.15) is 5.56 Å². The fourth-order valence-corrected chi connectivity index (χ4v) is 3.69. The van der Waals surface area contributed by atoms with E-state index >= 15 is 0 Å². The summed E-state index contributed by atoms with van der Waals surface area (Å²) < 4.78 is 5.36. The molecule has 154 valence electrons. The number of urea groups is 1. The van der Waals surface area contributed by atoms with Crippen LogP contribution in [0.5, 0.6) is 0 Å². The van der Waals surface area contributed by atoms with Crippen LogP contribution in [0.4, 0.5) is 16.2 Å². The van der Waals surface area contributed by atoms with Gasteiger partial charge in [0.25, 0.3) is 11.8 Å². The number of rotatable bonds is 3. The zero-order valence-electron chi connectivity index (χ0n) is 15.7. The lowest BCUT2D eigenvalue weighted by atomic mass is 10.1. The molecular formula is C21H17Cl2N3O4. The van der Waals surface area contributed by atoms with Crippen molar-refractivity contribution in [2.45, 2.75) is 0 Å². The molecule has 2 aromatic rings. The first-order valence-corrected chi connectivity index (χ1v) is 9.99. The van der Waals surface area contributed by atoms with Crippen molar-refractivity contribution in [2.24, 2.45) is 0 Å². The van der Waals surface area contributed by atoms with Gasteiger partial charge in [0.1, 0.15) is 5.57 Å². The van der Waals surface area contributed by atoms with Crippen LogP contribution in [0, 0.1) is 0 Å². The van der Waals surface area contributed by atoms with Crippen molar-refractivity contribution in [3.8, 4) is 0 Å². The number of benzene rings is 2. The van der Waals surface area contributed by atoms with E-state index in [1.54, 1.807) is 6.07 Å². The first-order chi connectivity index (χ1) is 14.5. The number of imide groups is 2. The minimum Gasteiger partial charge on any atom is -0.378 e. The lowest BCUT2D eigenvalue weighted by molar-refractivity contribution is -0.122. The topological polar surface area (TPSA) is 79.0 Å². The van der Waals surface area contributed by atoms with Crippen LogP contribution >= 0.6 is 23.2 Å². The number of barbiturate groups is 1. The van der Waals surface area contributed by atoms with E-state index < -0.39 is 17.8 Å². The third-order valence-electron chi connectivity index (χ3n) is 4.85. The van der Waals surface area contributed by atoms with E-state index in [4.69, 9.17) is 27.9 Å². The van der Waals surface area contributed by atoms with Crippen LogP contribution in [0.2, 0.25) is 10.0 Å². The third kappa shape index (κ3) is 3.92. The molecule has 0 unspecified atom stereocenters. The Labute approximate surface area is 182 Å². The highest BCUT2D eigenvalue weighted by Gasteiger charge is 2.38. The Morgan fingerprint density at radius 1 is 0.967 bits per heavy atom. The Bertz CT molecular complexity index is 1050. The number of carbonyl (C=O) groups excluding carboxylic acids is 3.